The van der Waals surface area contributed by atoms with E-state index in [0.717, 1.165) is 17.0 Å². The number of halogens is 1. The van der Waals surface area contributed by atoms with E-state index in [1.165, 1.54) is 7.11 Å². The number of methoxy groups -OCH3 is 2. The van der Waals surface area contributed by atoms with Crippen molar-refractivity contribution in [3.63, 3.8) is 0 Å². The van der Waals surface area contributed by atoms with Crippen LogP contribution in [0.4, 0.5) is 0 Å². The highest BCUT2D eigenvalue weighted by Gasteiger charge is 2.42. The van der Waals surface area contributed by atoms with E-state index in [2.05, 4.69) is 5.32 Å². The van der Waals surface area contributed by atoms with Crippen molar-refractivity contribution < 1.29 is 33.6 Å². The Hall–Kier alpha value is -3.49. The molecule has 0 aromatic heterocycles. The highest BCUT2D eigenvalue weighted by atomic mass is 35.5. The monoisotopic (exact) mass is 541 g/mol. The Labute approximate surface area is 227 Å². The first-order valence-electron chi connectivity index (χ1n) is 12.5. The summed E-state index contributed by atoms with van der Waals surface area (Å²) in [6, 6.07) is 10.9. The number of carbonyl (C=O) groups is 2. The predicted octanol–water partition coefficient (Wildman–Crippen LogP) is 5.00. The minimum absolute atomic E-state index is 0.0363. The number of benzene rings is 2. The van der Waals surface area contributed by atoms with Gasteiger partial charge < -0.3 is 29.4 Å². The van der Waals surface area contributed by atoms with E-state index in [0.29, 0.717) is 35.4 Å². The van der Waals surface area contributed by atoms with Gasteiger partial charge in [0.05, 0.1) is 31.4 Å². The molecular weight excluding hydrogens is 510 g/mol. The fraction of sp³-hybridized carbons (Fsp3) is 0.379. The number of allylic oxidation sites excluding steroid dienone is 3. The lowest BCUT2D eigenvalue weighted by atomic mass is 9.71. The van der Waals surface area contributed by atoms with E-state index in [1.807, 2.05) is 31.2 Å². The molecule has 0 spiro atoms. The molecule has 0 fully saturated rings. The van der Waals surface area contributed by atoms with E-state index >= 15 is 0 Å². The van der Waals surface area contributed by atoms with Crippen LogP contribution in [0.1, 0.15) is 49.7 Å². The molecule has 4 rings (SSSR count). The lowest BCUT2D eigenvalue weighted by Gasteiger charge is -2.37. The van der Waals surface area contributed by atoms with Gasteiger partial charge in [-0.3, -0.25) is 4.79 Å². The topological polar surface area (TPSA) is 103 Å². The minimum Gasteiger partial charge on any atom is -0.503 e. The third-order valence-electron chi connectivity index (χ3n) is 6.90. The molecule has 2 N–H and O–H groups in total. The largest absolute Gasteiger partial charge is 0.503 e. The number of aromatic hydroxyl groups is 1. The molecule has 0 amide bonds. The van der Waals surface area contributed by atoms with Crippen LogP contribution in [0.2, 0.25) is 5.02 Å². The first kappa shape index (κ1) is 27.5. The minimum atomic E-state index is -0.748. The molecule has 8 nitrogen and oxygen atoms in total. The van der Waals surface area contributed by atoms with Crippen molar-refractivity contribution in [2.24, 2.45) is 0 Å². The highest BCUT2D eigenvalue weighted by molar-refractivity contribution is 6.32. The van der Waals surface area contributed by atoms with Gasteiger partial charge in [0.25, 0.3) is 0 Å². The van der Waals surface area contributed by atoms with Gasteiger partial charge in [-0.25, -0.2) is 4.79 Å². The number of ketones is 1. The molecule has 0 radical (unpaired) electrons. The summed E-state index contributed by atoms with van der Waals surface area (Å²) in [6.45, 7) is 4.50. The Morgan fingerprint density at radius 3 is 2.47 bits per heavy atom. The normalized spacial score (nSPS) is 19.1. The van der Waals surface area contributed by atoms with Crippen LogP contribution < -0.4 is 14.8 Å². The van der Waals surface area contributed by atoms with Gasteiger partial charge in [-0.2, -0.15) is 0 Å². The number of nitrogens with one attached hydrogen (secondary N) is 1. The molecule has 2 aromatic rings. The zero-order valence-electron chi connectivity index (χ0n) is 21.9. The Morgan fingerprint density at radius 1 is 1.08 bits per heavy atom. The van der Waals surface area contributed by atoms with Crippen LogP contribution in [0.25, 0.3) is 0 Å². The molecule has 2 atom stereocenters. The number of carbonyl (C=O) groups excluding carboxylic acids is 2. The molecule has 0 bridgehead atoms. The Bertz CT molecular complexity index is 1280. The number of Topliss-reactive ketones (excluding diaryl/α,β-unsaturated/α-hetero) is 1. The van der Waals surface area contributed by atoms with Crippen LogP contribution >= 0.6 is 11.6 Å². The van der Waals surface area contributed by atoms with Gasteiger partial charge in [-0.15, -0.1) is 0 Å². The second-order valence-electron chi connectivity index (χ2n) is 9.18. The number of phenolic OH excluding ortho intramolecular Hbond substituents is 1. The number of ether oxygens (including phenoxy) is 4. The summed E-state index contributed by atoms with van der Waals surface area (Å²) in [5.74, 6) is -0.741. The number of hydrogen-bond acceptors (Lipinski definition) is 8. The highest BCUT2D eigenvalue weighted by Crippen LogP contribution is 2.48. The average molecular weight is 542 g/mol. The van der Waals surface area contributed by atoms with Crippen molar-refractivity contribution in [2.45, 2.75) is 38.5 Å². The summed E-state index contributed by atoms with van der Waals surface area (Å²) in [7, 11) is 3.03. The molecule has 1 aliphatic carbocycles. The number of dihydropyridines is 1. The molecule has 1 heterocycles. The molecule has 38 heavy (non-hydrogen) atoms. The molecule has 0 unspecified atom stereocenters. The maximum atomic E-state index is 13.8. The van der Waals surface area contributed by atoms with E-state index in [9.17, 15) is 14.7 Å². The molecule has 2 aromatic carbocycles. The standard InChI is InChI=1S/C29H32ClNO7/c1-5-37-10-11-38-29(34)25-16(2)31-22-13-18(17-6-8-20(35-3)9-7-17)14-23(32)27(22)26(25)19-12-21(30)28(33)24(15-19)36-4/h6-9,12,15,18,26,31,33H,5,10-11,13-14H2,1-4H3/t18-,26-/m1/s1. The van der Waals surface area contributed by atoms with Gasteiger partial charge >= 0.3 is 5.97 Å². The fourth-order valence-electron chi connectivity index (χ4n) is 5.09. The fourth-order valence-corrected chi connectivity index (χ4v) is 5.31. The summed E-state index contributed by atoms with van der Waals surface area (Å²) in [6.07, 6.45) is 0.856. The Kier molecular flexibility index (Phi) is 8.64. The summed E-state index contributed by atoms with van der Waals surface area (Å²) < 4.78 is 21.4. The predicted molar refractivity (Wildman–Crippen MR) is 143 cm³/mol. The third kappa shape index (κ3) is 5.51. The number of esters is 1. The molecule has 202 valence electrons. The molecule has 1 aliphatic heterocycles. The molecule has 9 heteroatoms. The second-order valence-corrected chi connectivity index (χ2v) is 9.58. The first-order valence-corrected chi connectivity index (χ1v) is 12.9. The molecule has 2 aliphatic rings. The van der Waals surface area contributed by atoms with Crippen molar-refractivity contribution in [3.8, 4) is 17.2 Å². The van der Waals surface area contributed by atoms with Crippen molar-refractivity contribution >= 4 is 23.4 Å². The summed E-state index contributed by atoms with van der Waals surface area (Å²) in [5, 5.41) is 13.7. The third-order valence-corrected chi connectivity index (χ3v) is 7.19. The van der Waals surface area contributed by atoms with Crippen molar-refractivity contribution in [3.05, 3.63) is 75.1 Å². The van der Waals surface area contributed by atoms with Crippen molar-refractivity contribution in [1.29, 1.82) is 0 Å². The molecular formula is C29H32ClNO7. The van der Waals surface area contributed by atoms with Gasteiger partial charge in [0.15, 0.2) is 17.3 Å². The molecule has 0 saturated carbocycles. The average Bonchev–Trinajstić information content (AvgIpc) is 2.91. The maximum Gasteiger partial charge on any atom is 0.336 e. The summed E-state index contributed by atoms with van der Waals surface area (Å²) >= 11 is 6.33. The van der Waals surface area contributed by atoms with Gasteiger partial charge in [0.1, 0.15) is 12.4 Å². The maximum absolute atomic E-state index is 13.8. The Balaban J connectivity index is 1.76. The Morgan fingerprint density at radius 2 is 1.82 bits per heavy atom. The number of rotatable bonds is 9. The van der Waals surface area contributed by atoms with Crippen LogP contribution in [-0.4, -0.2) is 50.9 Å². The van der Waals surface area contributed by atoms with Crippen LogP contribution in [0.15, 0.2) is 58.9 Å². The molecule has 0 saturated heterocycles. The lowest BCUT2D eigenvalue weighted by Crippen LogP contribution is -2.36. The van der Waals surface area contributed by atoms with Gasteiger partial charge in [0, 0.05) is 35.9 Å². The van der Waals surface area contributed by atoms with Gasteiger partial charge in [-0.05, 0) is 61.6 Å². The quantitative estimate of drug-likeness (QED) is 0.337. The van der Waals surface area contributed by atoms with Crippen LogP contribution in [0, 0.1) is 0 Å². The van der Waals surface area contributed by atoms with Gasteiger partial charge in [-0.1, -0.05) is 23.7 Å². The van der Waals surface area contributed by atoms with Gasteiger partial charge in [0.2, 0.25) is 0 Å². The summed E-state index contributed by atoms with van der Waals surface area (Å²) in [5.41, 5.74) is 3.70. The zero-order valence-corrected chi connectivity index (χ0v) is 22.7. The van der Waals surface area contributed by atoms with E-state index in [-0.39, 0.29) is 47.9 Å². The van der Waals surface area contributed by atoms with Crippen molar-refractivity contribution in [1.82, 2.24) is 5.32 Å². The zero-order chi connectivity index (χ0) is 27.4. The lowest BCUT2D eigenvalue weighted by molar-refractivity contribution is -0.140. The number of phenols is 1. The second kappa shape index (κ2) is 11.9. The van der Waals surface area contributed by atoms with Crippen molar-refractivity contribution in [2.75, 3.05) is 34.0 Å². The summed E-state index contributed by atoms with van der Waals surface area (Å²) in [4.78, 5) is 27.1. The SMILES string of the molecule is CCOCCOC(=O)C1=C(C)NC2=C(C(=O)C[C@H](c3ccc(OC)cc3)C2)[C@@H]1c1cc(Cl)c(O)c(OC)c1. The first-order chi connectivity index (χ1) is 18.3. The van der Waals surface area contributed by atoms with Crippen LogP contribution in [0.3, 0.4) is 0 Å². The van der Waals surface area contributed by atoms with E-state index in [4.69, 9.17) is 30.5 Å². The number of hydrogen-bond donors (Lipinski definition) is 2. The van der Waals surface area contributed by atoms with Crippen LogP contribution in [-0.2, 0) is 19.1 Å². The van der Waals surface area contributed by atoms with E-state index in [1.54, 1.807) is 26.2 Å². The smallest absolute Gasteiger partial charge is 0.336 e. The van der Waals surface area contributed by atoms with E-state index < -0.39 is 11.9 Å². The van der Waals surface area contributed by atoms with Crippen LogP contribution in [0.5, 0.6) is 17.2 Å².